The highest BCUT2D eigenvalue weighted by Crippen LogP contribution is 2.33. The lowest BCUT2D eigenvalue weighted by Gasteiger charge is -2.10. The van der Waals surface area contributed by atoms with Gasteiger partial charge in [0.2, 0.25) is 5.91 Å². The van der Waals surface area contributed by atoms with Crippen LogP contribution in [0, 0.1) is 20.8 Å². The van der Waals surface area contributed by atoms with E-state index in [0.29, 0.717) is 34.9 Å². The Kier molecular flexibility index (Phi) is 6.78. The molecular weight excluding hydrogens is 522 g/mol. The van der Waals surface area contributed by atoms with Crippen LogP contribution < -0.4 is 5.32 Å². The van der Waals surface area contributed by atoms with E-state index in [1.54, 1.807) is 6.92 Å². The molecule has 0 unspecified atom stereocenters. The van der Waals surface area contributed by atoms with Crippen LogP contribution in [0.4, 0.5) is 14.5 Å². The summed E-state index contributed by atoms with van der Waals surface area (Å²) < 4.78 is 31.5. The van der Waals surface area contributed by atoms with E-state index in [-0.39, 0.29) is 29.0 Å². The van der Waals surface area contributed by atoms with E-state index < -0.39 is 6.43 Å². The van der Waals surface area contributed by atoms with Gasteiger partial charge in [0.1, 0.15) is 6.54 Å². The number of carbonyl (C=O) groups is 1. The Morgan fingerprint density at radius 2 is 1.59 bits per heavy atom. The minimum absolute atomic E-state index is 0.153. The number of carbonyl (C=O) groups excluding carboxylic acids is 1. The molecule has 7 nitrogen and oxygen atoms in total. The van der Waals surface area contributed by atoms with Crippen molar-refractivity contribution in [1.29, 1.82) is 0 Å². The van der Waals surface area contributed by atoms with Crippen LogP contribution in [0.1, 0.15) is 34.6 Å². The molecule has 3 aromatic carbocycles. The molecule has 0 bridgehead atoms. The number of alkyl halides is 2. The van der Waals surface area contributed by atoms with Gasteiger partial charge in [-0.15, -0.1) is 0 Å². The molecule has 3 heterocycles. The Balaban J connectivity index is 1.29. The highest BCUT2D eigenvalue weighted by molar-refractivity contribution is 5.93. The molecule has 0 radical (unpaired) electrons. The van der Waals surface area contributed by atoms with Crippen LogP contribution in [0.15, 0.2) is 78.9 Å². The van der Waals surface area contributed by atoms with Crippen LogP contribution in [0.3, 0.4) is 0 Å². The normalized spacial score (nSPS) is 11.6. The van der Waals surface area contributed by atoms with E-state index in [0.717, 1.165) is 22.0 Å². The molecule has 0 aliphatic carbocycles. The Morgan fingerprint density at radius 1 is 0.878 bits per heavy atom. The molecule has 0 aliphatic rings. The molecule has 0 saturated carbocycles. The van der Waals surface area contributed by atoms with E-state index in [4.69, 9.17) is 0 Å². The number of fused-ring (bicyclic) bond motifs is 2. The maximum atomic E-state index is 14.1. The zero-order valence-corrected chi connectivity index (χ0v) is 22.9. The van der Waals surface area contributed by atoms with Gasteiger partial charge in [0.05, 0.1) is 40.4 Å². The van der Waals surface area contributed by atoms with Crippen molar-refractivity contribution in [3.8, 4) is 11.3 Å². The van der Waals surface area contributed by atoms with Crippen LogP contribution in [-0.4, -0.2) is 30.5 Å². The number of aromatic nitrogens is 5. The summed E-state index contributed by atoms with van der Waals surface area (Å²) in [6.45, 7) is 5.77. The fourth-order valence-electron chi connectivity index (χ4n) is 5.36. The van der Waals surface area contributed by atoms with E-state index in [2.05, 4.69) is 44.8 Å². The third-order valence-electron chi connectivity index (χ3n) is 7.35. The summed E-state index contributed by atoms with van der Waals surface area (Å²) in [6.07, 6.45) is -2.72. The van der Waals surface area contributed by atoms with Gasteiger partial charge in [-0.1, -0.05) is 72.8 Å². The average Bonchev–Trinajstić information content (AvgIpc) is 3.42. The second-order valence-electron chi connectivity index (χ2n) is 10.1. The van der Waals surface area contributed by atoms with Crippen LogP contribution in [0.5, 0.6) is 0 Å². The molecule has 9 heteroatoms. The van der Waals surface area contributed by atoms with Crippen LogP contribution in [0.2, 0.25) is 0 Å². The minimum atomic E-state index is -2.72. The van der Waals surface area contributed by atoms with Crippen molar-refractivity contribution in [1.82, 2.24) is 24.5 Å². The predicted molar refractivity (Wildman–Crippen MR) is 156 cm³/mol. The molecule has 6 aromatic rings. The number of nitrogens with zero attached hydrogens (tertiary/aromatic N) is 5. The summed E-state index contributed by atoms with van der Waals surface area (Å²) >= 11 is 0. The highest BCUT2D eigenvalue weighted by atomic mass is 19.3. The highest BCUT2D eigenvalue weighted by Gasteiger charge is 2.23. The number of benzene rings is 3. The number of pyridine rings is 1. The first-order valence-electron chi connectivity index (χ1n) is 13.3. The van der Waals surface area contributed by atoms with Gasteiger partial charge >= 0.3 is 0 Å². The van der Waals surface area contributed by atoms with Crippen molar-refractivity contribution in [3.63, 3.8) is 0 Å². The molecule has 3 aromatic heterocycles. The third-order valence-corrected chi connectivity index (χ3v) is 7.35. The van der Waals surface area contributed by atoms with Gasteiger partial charge < -0.3 is 5.32 Å². The van der Waals surface area contributed by atoms with Crippen LogP contribution >= 0.6 is 0 Å². The fraction of sp³-hybridized carbons (Fsp3) is 0.188. The summed E-state index contributed by atoms with van der Waals surface area (Å²) in [6, 6.07) is 24.9. The van der Waals surface area contributed by atoms with Gasteiger partial charge in [-0.05, 0) is 43.2 Å². The second kappa shape index (κ2) is 10.6. The number of hydrogen-bond donors (Lipinski definition) is 1. The second-order valence-corrected chi connectivity index (χ2v) is 10.1. The number of amides is 1. The van der Waals surface area contributed by atoms with Gasteiger partial charge in [-0.25, -0.2) is 18.4 Å². The zero-order valence-electron chi connectivity index (χ0n) is 22.9. The maximum absolute atomic E-state index is 14.1. The molecule has 6 rings (SSSR count). The molecule has 0 spiro atoms. The van der Waals surface area contributed by atoms with E-state index >= 15 is 0 Å². The Hall–Kier alpha value is -4.92. The first-order chi connectivity index (χ1) is 19.8. The topological polar surface area (TPSA) is 77.6 Å². The number of halogens is 2. The first-order valence-corrected chi connectivity index (χ1v) is 13.3. The SMILES string of the molecule is Cc1nn(Cc2cccc3ccccc23)c(C)c1NC(=O)Cn1nc(C)c2c(C(F)F)cc(-c3ccccc3)nc21. The van der Waals surface area contributed by atoms with Gasteiger partial charge in [-0.2, -0.15) is 10.2 Å². The van der Waals surface area contributed by atoms with Crippen molar-refractivity contribution >= 4 is 33.4 Å². The smallest absolute Gasteiger partial charge is 0.264 e. The van der Waals surface area contributed by atoms with Crippen molar-refractivity contribution in [3.05, 3.63) is 107 Å². The molecule has 1 amide bonds. The zero-order chi connectivity index (χ0) is 28.7. The number of aryl methyl sites for hydroxylation is 2. The average molecular weight is 551 g/mol. The van der Waals surface area contributed by atoms with Gasteiger partial charge in [0.15, 0.2) is 5.65 Å². The number of anilines is 1. The molecule has 206 valence electrons. The predicted octanol–water partition coefficient (Wildman–Crippen LogP) is 7.00. The molecule has 0 fully saturated rings. The summed E-state index contributed by atoms with van der Waals surface area (Å²) in [5, 5.41) is 14.7. The molecule has 0 saturated heterocycles. The molecule has 0 aliphatic heterocycles. The summed E-state index contributed by atoms with van der Waals surface area (Å²) in [4.78, 5) is 17.9. The molecule has 41 heavy (non-hydrogen) atoms. The molecular formula is C32H28F2N6O. The largest absolute Gasteiger partial charge is 0.321 e. The summed E-state index contributed by atoms with van der Waals surface area (Å²) in [5.41, 5.74) is 4.83. The van der Waals surface area contributed by atoms with Crippen molar-refractivity contribution < 1.29 is 13.6 Å². The number of rotatable bonds is 7. The van der Waals surface area contributed by atoms with Crippen molar-refractivity contribution in [2.24, 2.45) is 0 Å². The van der Waals surface area contributed by atoms with Crippen LogP contribution in [-0.2, 0) is 17.9 Å². The lowest BCUT2D eigenvalue weighted by Crippen LogP contribution is -2.20. The number of hydrogen-bond acceptors (Lipinski definition) is 4. The molecule has 0 atom stereocenters. The van der Waals surface area contributed by atoms with Gasteiger partial charge in [0, 0.05) is 11.1 Å². The van der Waals surface area contributed by atoms with Crippen LogP contribution in [0.25, 0.3) is 33.1 Å². The minimum Gasteiger partial charge on any atom is -0.321 e. The third kappa shape index (κ3) is 4.95. The van der Waals surface area contributed by atoms with Gasteiger partial charge in [-0.3, -0.25) is 9.48 Å². The first kappa shape index (κ1) is 26.3. The van der Waals surface area contributed by atoms with E-state index in [9.17, 15) is 13.6 Å². The lowest BCUT2D eigenvalue weighted by atomic mass is 10.0. The van der Waals surface area contributed by atoms with Crippen molar-refractivity contribution in [2.45, 2.75) is 40.3 Å². The van der Waals surface area contributed by atoms with E-state index in [1.807, 2.05) is 67.1 Å². The molecule has 1 N–H and O–H groups in total. The standard InChI is InChI=1S/C32H28F2N6O/c1-19-29-26(31(33)34)16-27(23-11-5-4-6-12-23)35-32(29)40(37-19)18-28(41)36-30-20(2)38-39(21(30)3)17-24-14-9-13-22-10-7-8-15-25(22)24/h4-16,31H,17-18H2,1-3H3,(H,36,41). The van der Waals surface area contributed by atoms with Gasteiger partial charge in [0.25, 0.3) is 6.43 Å². The monoisotopic (exact) mass is 550 g/mol. The lowest BCUT2D eigenvalue weighted by molar-refractivity contribution is -0.116. The summed E-state index contributed by atoms with van der Waals surface area (Å²) in [5.74, 6) is -0.351. The maximum Gasteiger partial charge on any atom is 0.264 e. The fourth-order valence-corrected chi connectivity index (χ4v) is 5.36. The van der Waals surface area contributed by atoms with E-state index in [1.165, 1.54) is 10.7 Å². The summed E-state index contributed by atoms with van der Waals surface area (Å²) in [7, 11) is 0. The Morgan fingerprint density at radius 3 is 2.37 bits per heavy atom. The Labute approximate surface area is 235 Å². The quantitative estimate of drug-likeness (QED) is 0.232. The van der Waals surface area contributed by atoms with Crippen molar-refractivity contribution in [2.75, 3.05) is 5.32 Å². The number of nitrogens with one attached hydrogen (secondary N) is 1. The Bertz CT molecular complexity index is 1900.